The van der Waals surface area contributed by atoms with E-state index in [0.29, 0.717) is 11.9 Å². The second-order valence-electron chi connectivity index (χ2n) is 4.27. The Labute approximate surface area is 99.6 Å². The molecule has 1 aromatic heterocycles. The molecule has 2 rings (SSSR count). The molecular formula is C12H16FN3O. The van der Waals surface area contributed by atoms with Crippen LogP contribution in [0.2, 0.25) is 0 Å². The molecule has 1 aliphatic carbocycles. The zero-order valence-corrected chi connectivity index (χ0v) is 9.58. The summed E-state index contributed by atoms with van der Waals surface area (Å²) in [5.74, 6) is -0.173. The van der Waals surface area contributed by atoms with Crippen molar-refractivity contribution in [2.75, 3.05) is 11.9 Å². The largest absolute Gasteiger partial charge is 0.310 e. The quantitative estimate of drug-likeness (QED) is 0.838. The van der Waals surface area contributed by atoms with Gasteiger partial charge in [0.15, 0.2) is 0 Å². The monoisotopic (exact) mass is 237 g/mol. The van der Waals surface area contributed by atoms with E-state index in [1.165, 1.54) is 25.0 Å². The predicted octanol–water partition coefficient (Wildman–Crippen LogP) is 1.69. The van der Waals surface area contributed by atoms with Crippen LogP contribution >= 0.6 is 0 Å². The SMILES string of the molecule is O=C(CNC1CCCC1)Nc1ccc(F)cn1. The molecule has 17 heavy (non-hydrogen) atoms. The first-order valence-corrected chi connectivity index (χ1v) is 5.89. The predicted molar refractivity (Wildman–Crippen MR) is 63.1 cm³/mol. The molecule has 0 bridgehead atoms. The van der Waals surface area contributed by atoms with Crippen LogP contribution in [-0.4, -0.2) is 23.5 Å². The summed E-state index contributed by atoms with van der Waals surface area (Å²) in [4.78, 5) is 15.3. The van der Waals surface area contributed by atoms with E-state index < -0.39 is 5.82 Å². The van der Waals surface area contributed by atoms with Crippen molar-refractivity contribution < 1.29 is 9.18 Å². The van der Waals surface area contributed by atoms with Gasteiger partial charge in [-0.3, -0.25) is 4.79 Å². The molecule has 0 aromatic carbocycles. The van der Waals surface area contributed by atoms with Crippen molar-refractivity contribution in [3.63, 3.8) is 0 Å². The highest BCUT2D eigenvalue weighted by Crippen LogP contribution is 2.17. The third-order valence-corrected chi connectivity index (χ3v) is 2.90. The van der Waals surface area contributed by atoms with Gasteiger partial charge in [0.25, 0.3) is 0 Å². The van der Waals surface area contributed by atoms with Crippen molar-refractivity contribution in [1.29, 1.82) is 0 Å². The smallest absolute Gasteiger partial charge is 0.239 e. The molecule has 0 unspecified atom stereocenters. The van der Waals surface area contributed by atoms with Gasteiger partial charge in [-0.2, -0.15) is 0 Å². The third-order valence-electron chi connectivity index (χ3n) is 2.90. The van der Waals surface area contributed by atoms with Gasteiger partial charge in [-0.25, -0.2) is 9.37 Å². The summed E-state index contributed by atoms with van der Waals surface area (Å²) in [6, 6.07) is 3.18. The molecule has 2 N–H and O–H groups in total. The molecule has 0 spiro atoms. The number of hydrogen-bond donors (Lipinski definition) is 2. The number of amides is 1. The number of nitrogens with zero attached hydrogens (tertiary/aromatic N) is 1. The van der Waals surface area contributed by atoms with E-state index in [1.807, 2.05) is 0 Å². The number of halogens is 1. The van der Waals surface area contributed by atoms with Crippen LogP contribution in [0.1, 0.15) is 25.7 Å². The molecule has 5 heteroatoms. The number of pyridine rings is 1. The molecule has 1 saturated carbocycles. The summed E-state index contributed by atoms with van der Waals surface area (Å²) in [7, 11) is 0. The van der Waals surface area contributed by atoms with Gasteiger partial charge in [0.1, 0.15) is 11.6 Å². The first-order chi connectivity index (χ1) is 8.24. The number of carbonyl (C=O) groups is 1. The van der Waals surface area contributed by atoms with E-state index in [2.05, 4.69) is 15.6 Å². The Bertz CT molecular complexity index is 374. The molecule has 0 radical (unpaired) electrons. The second kappa shape index (κ2) is 5.72. The number of carbonyl (C=O) groups excluding carboxylic acids is 1. The van der Waals surface area contributed by atoms with Gasteiger partial charge in [-0.1, -0.05) is 12.8 Å². The standard InChI is InChI=1S/C12H16FN3O/c13-9-5-6-11(15-7-9)16-12(17)8-14-10-3-1-2-4-10/h5-7,10,14H,1-4,8H2,(H,15,16,17). The van der Waals surface area contributed by atoms with Crippen LogP contribution in [0.4, 0.5) is 10.2 Å². The molecule has 1 amide bonds. The van der Waals surface area contributed by atoms with E-state index in [4.69, 9.17) is 0 Å². The average molecular weight is 237 g/mol. The summed E-state index contributed by atoms with van der Waals surface area (Å²) >= 11 is 0. The number of anilines is 1. The molecule has 1 heterocycles. The lowest BCUT2D eigenvalue weighted by Gasteiger charge is -2.11. The zero-order valence-electron chi connectivity index (χ0n) is 9.58. The maximum absolute atomic E-state index is 12.6. The first-order valence-electron chi connectivity index (χ1n) is 5.89. The lowest BCUT2D eigenvalue weighted by atomic mass is 10.2. The molecular weight excluding hydrogens is 221 g/mol. The molecule has 1 aliphatic rings. The number of rotatable bonds is 4. The molecule has 1 aromatic rings. The molecule has 1 fully saturated rings. The fourth-order valence-electron chi connectivity index (χ4n) is 2.00. The van der Waals surface area contributed by atoms with Crippen molar-refractivity contribution in [3.8, 4) is 0 Å². The van der Waals surface area contributed by atoms with Crippen LogP contribution in [0.5, 0.6) is 0 Å². The van der Waals surface area contributed by atoms with Gasteiger partial charge in [-0.15, -0.1) is 0 Å². The Morgan fingerprint density at radius 1 is 1.41 bits per heavy atom. The molecule has 0 atom stereocenters. The fourth-order valence-corrected chi connectivity index (χ4v) is 2.00. The Morgan fingerprint density at radius 3 is 2.82 bits per heavy atom. The Morgan fingerprint density at radius 2 is 2.18 bits per heavy atom. The van der Waals surface area contributed by atoms with E-state index in [-0.39, 0.29) is 12.5 Å². The number of aromatic nitrogens is 1. The van der Waals surface area contributed by atoms with Crippen LogP contribution in [0.25, 0.3) is 0 Å². The number of nitrogens with one attached hydrogen (secondary N) is 2. The summed E-state index contributed by atoms with van der Waals surface area (Å²) in [5.41, 5.74) is 0. The molecule has 0 aliphatic heterocycles. The lowest BCUT2D eigenvalue weighted by molar-refractivity contribution is -0.115. The van der Waals surface area contributed by atoms with Crippen LogP contribution < -0.4 is 10.6 Å². The minimum Gasteiger partial charge on any atom is -0.310 e. The highest BCUT2D eigenvalue weighted by molar-refractivity contribution is 5.91. The lowest BCUT2D eigenvalue weighted by Crippen LogP contribution is -2.34. The zero-order chi connectivity index (χ0) is 12.1. The summed E-state index contributed by atoms with van der Waals surface area (Å²) in [6.45, 7) is 0.281. The minimum atomic E-state index is -0.410. The van der Waals surface area contributed by atoms with E-state index >= 15 is 0 Å². The third kappa shape index (κ3) is 3.78. The fraction of sp³-hybridized carbons (Fsp3) is 0.500. The minimum absolute atomic E-state index is 0.143. The average Bonchev–Trinajstić information content (AvgIpc) is 2.83. The van der Waals surface area contributed by atoms with Gasteiger partial charge in [0, 0.05) is 6.04 Å². The van der Waals surface area contributed by atoms with Crippen molar-refractivity contribution in [2.24, 2.45) is 0 Å². The van der Waals surface area contributed by atoms with Crippen molar-refractivity contribution in [2.45, 2.75) is 31.7 Å². The van der Waals surface area contributed by atoms with Crippen LogP contribution in [0.3, 0.4) is 0 Å². The van der Waals surface area contributed by atoms with Crippen molar-refractivity contribution in [1.82, 2.24) is 10.3 Å². The van der Waals surface area contributed by atoms with E-state index in [0.717, 1.165) is 19.0 Å². The Kier molecular flexibility index (Phi) is 4.03. The topological polar surface area (TPSA) is 54.0 Å². The van der Waals surface area contributed by atoms with Crippen LogP contribution in [0.15, 0.2) is 18.3 Å². The molecule has 0 saturated heterocycles. The Hall–Kier alpha value is -1.49. The normalized spacial score (nSPS) is 16.1. The second-order valence-corrected chi connectivity index (χ2v) is 4.27. The highest BCUT2D eigenvalue weighted by atomic mass is 19.1. The van der Waals surface area contributed by atoms with Crippen LogP contribution in [0, 0.1) is 5.82 Å². The summed E-state index contributed by atoms with van der Waals surface area (Å²) in [5, 5.41) is 5.81. The first kappa shape index (κ1) is 12.0. The summed E-state index contributed by atoms with van der Waals surface area (Å²) in [6.07, 6.45) is 5.84. The van der Waals surface area contributed by atoms with Gasteiger partial charge >= 0.3 is 0 Å². The van der Waals surface area contributed by atoms with Gasteiger partial charge in [-0.05, 0) is 25.0 Å². The van der Waals surface area contributed by atoms with Crippen LogP contribution in [-0.2, 0) is 4.79 Å². The molecule has 92 valence electrons. The highest BCUT2D eigenvalue weighted by Gasteiger charge is 2.15. The molecule has 4 nitrogen and oxygen atoms in total. The number of hydrogen-bond acceptors (Lipinski definition) is 3. The van der Waals surface area contributed by atoms with E-state index in [9.17, 15) is 9.18 Å². The summed E-state index contributed by atoms with van der Waals surface area (Å²) < 4.78 is 12.6. The maximum atomic E-state index is 12.6. The van der Waals surface area contributed by atoms with Crippen molar-refractivity contribution in [3.05, 3.63) is 24.1 Å². The van der Waals surface area contributed by atoms with Gasteiger partial charge in [0.05, 0.1) is 12.7 Å². The van der Waals surface area contributed by atoms with Crippen molar-refractivity contribution >= 4 is 11.7 Å². The van der Waals surface area contributed by atoms with Gasteiger partial charge < -0.3 is 10.6 Å². The van der Waals surface area contributed by atoms with E-state index in [1.54, 1.807) is 0 Å². The maximum Gasteiger partial charge on any atom is 0.239 e. The Balaban J connectivity index is 1.74. The van der Waals surface area contributed by atoms with Gasteiger partial charge in [0.2, 0.25) is 5.91 Å².